The molecule has 58 valence electrons. The fourth-order valence-electron chi connectivity index (χ4n) is 0.627. The highest BCUT2D eigenvalue weighted by Gasteiger charge is 2.11. The smallest absolute Gasteiger partial charge is 0.186 e. The zero-order valence-electron chi connectivity index (χ0n) is 5.45. The lowest BCUT2D eigenvalue weighted by Crippen LogP contribution is -1.97. The van der Waals surface area contributed by atoms with Gasteiger partial charge >= 0.3 is 0 Å². The van der Waals surface area contributed by atoms with Crippen molar-refractivity contribution in [3.05, 3.63) is 35.0 Å². The Kier molecular flexibility index (Phi) is 2.33. The highest BCUT2D eigenvalue weighted by Crippen LogP contribution is 2.23. The van der Waals surface area contributed by atoms with Crippen LogP contribution in [0.4, 0.5) is 0 Å². The molecule has 1 rings (SSSR count). The van der Waals surface area contributed by atoms with E-state index in [0.717, 1.165) is 6.26 Å². The van der Waals surface area contributed by atoms with Crippen molar-refractivity contribution in [2.75, 3.05) is 0 Å². The first kappa shape index (κ1) is 7.88. The van der Waals surface area contributed by atoms with Crippen LogP contribution in [0.5, 0.6) is 0 Å². The molecular formula is C7H5ClO3. The van der Waals surface area contributed by atoms with Crippen LogP contribution < -0.4 is 0 Å². The van der Waals surface area contributed by atoms with Gasteiger partial charge in [-0.25, -0.2) is 0 Å². The molecule has 11 heavy (non-hydrogen) atoms. The quantitative estimate of drug-likeness (QED) is 0.483. The van der Waals surface area contributed by atoms with E-state index in [9.17, 15) is 4.79 Å². The van der Waals surface area contributed by atoms with Gasteiger partial charge in [0.2, 0.25) is 0 Å². The van der Waals surface area contributed by atoms with E-state index in [0.29, 0.717) is 11.9 Å². The van der Waals surface area contributed by atoms with Crippen molar-refractivity contribution in [1.82, 2.24) is 0 Å². The maximum Gasteiger partial charge on any atom is 0.186 e. The number of ether oxygens (including phenoxy) is 1. The molecule has 0 amide bonds. The number of carbonyl (C=O) groups excluding carboxylic acids is 1. The molecule has 0 saturated heterocycles. The van der Waals surface area contributed by atoms with Crippen LogP contribution in [0.25, 0.3) is 0 Å². The molecule has 0 fully saturated rings. The number of hydrogen-bond donors (Lipinski definition) is 1. The molecule has 0 saturated carbocycles. The first-order valence-corrected chi connectivity index (χ1v) is 3.20. The highest BCUT2D eigenvalue weighted by atomic mass is 35.5. The number of rotatable bonds is 1. The zero-order valence-corrected chi connectivity index (χ0v) is 6.21. The molecule has 3 nitrogen and oxygen atoms in total. The number of aliphatic hydroxyl groups is 1. The van der Waals surface area contributed by atoms with Crippen molar-refractivity contribution in [1.29, 1.82) is 0 Å². The summed E-state index contributed by atoms with van der Waals surface area (Å²) < 4.78 is 4.72. The Bertz CT molecular complexity index is 263. The average molecular weight is 173 g/mol. The summed E-state index contributed by atoms with van der Waals surface area (Å²) in [6, 6.07) is 0. The summed E-state index contributed by atoms with van der Waals surface area (Å²) in [5.74, 6) is 0.00877. The molecule has 0 unspecified atom stereocenters. The van der Waals surface area contributed by atoms with E-state index >= 15 is 0 Å². The topological polar surface area (TPSA) is 46.5 Å². The largest absolute Gasteiger partial charge is 0.515 e. The number of hydrogen-bond acceptors (Lipinski definition) is 3. The first-order valence-electron chi connectivity index (χ1n) is 2.82. The van der Waals surface area contributed by atoms with E-state index < -0.39 is 0 Å². The number of aliphatic hydroxyl groups excluding tert-OH is 1. The van der Waals surface area contributed by atoms with Crippen molar-refractivity contribution in [2.45, 2.75) is 0 Å². The standard InChI is InChI=1S/C7H5ClO3/c8-7-5(3-9)1-2-11-6(7)4-10/h1-4,9H/b5-3+. The van der Waals surface area contributed by atoms with E-state index in [1.165, 1.54) is 12.3 Å². The Morgan fingerprint density at radius 3 is 2.91 bits per heavy atom. The van der Waals surface area contributed by atoms with Crippen LogP contribution >= 0.6 is 11.6 Å². The maximum atomic E-state index is 10.2. The molecule has 0 aliphatic carbocycles. The molecule has 0 aromatic carbocycles. The van der Waals surface area contributed by atoms with Gasteiger partial charge < -0.3 is 9.84 Å². The second-order valence-corrected chi connectivity index (χ2v) is 2.18. The van der Waals surface area contributed by atoms with Gasteiger partial charge in [-0.1, -0.05) is 11.6 Å². The fourth-order valence-corrected chi connectivity index (χ4v) is 0.828. The van der Waals surface area contributed by atoms with Crippen molar-refractivity contribution in [3.63, 3.8) is 0 Å². The predicted octanol–water partition coefficient (Wildman–Crippen LogP) is 1.62. The minimum atomic E-state index is 0.00877. The van der Waals surface area contributed by atoms with Crippen molar-refractivity contribution in [2.24, 2.45) is 0 Å². The maximum absolute atomic E-state index is 10.2. The molecule has 0 aromatic rings. The minimum Gasteiger partial charge on any atom is -0.515 e. The molecule has 4 heteroatoms. The Morgan fingerprint density at radius 1 is 1.64 bits per heavy atom. The van der Waals surface area contributed by atoms with E-state index in [2.05, 4.69) is 0 Å². The molecule has 0 bridgehead atoms. The second-order valence-electron chi connectivity index (χ2n) is 1.80. The fraction of sp³-hybridized carbons (Fsp3) is 0. The third-order valence-corrected chi connectivity index (χ3v) is 1.56. The number of allylic oxidation sites excluding steroid dienone is 4. The van der Waals surface area contributed by atoms with Gasteiger partial charge in [0.1, 0.15) is 0 Å². The van der Waals surface area contributed by atoms with Crippen molar-refractivity contribution >= 4 is 17.9 Å². The van der Waals surface area contributed by atoms with Crippen molar-refractivity contribution in [3.8, 4) is 0 Å². The highest BCUT2D eigenvalue weighted by molar-refractivity contribution is 6.33. The summed E-state index contributed by atoms with van der Waals surface area (Å²) in [5.41, 5.74) is 0.361. The molecule has 1 heterocycles. The van der Waals surface area contributed by atoms with E-state index in [-0.39, 0.29) is 10.8 Å². The zero-order chi connectivity index (χ0) is 8.27. The summed E-state index contributed by atoms with van der Waals surface area (Å²) in [6.07, 6.45) is 4.02. The number of halogens is 1. The van der Waals surface area contributed by atoms with Crippen LogP contribution in [0.1, 0.15) is 0 Å². The Labute approximate surface area is 68.2 Å². The molecule has 0 atom stereocenters. The van der Waals surface area contributed by atoms with Gasteiger partial charge in [0.25, 0.3) is 0 Å². The van der Waals surface area contributed by atoms with E-state index in [1.807, 2.05) is 0 Å². The van der Waals surface area contributed by atoms with Gasteiger partial charge in [0.15, 0.2) is 12.0 Å². The van der Waals surface area contributed by atoms with Gasteiger partial charge in [-0.3, -0.25) is 4.79 Å². The predicted molar refractivity (Wildman–Crippen MR) is 39.9 cm³/mol. The van der Waals surface area contributed by atoms with Gasteiger partial charge in [-0.2, -0.15) is 0 Å². The number of aldehydes is 1. The molecule has 0 radical (unpaired) electrons. The lowest BCUT2D eigenvalue weighted by molar-refractivity contribution is -0.107. The Morgan fingerprint density at radius 2 is 2.36 bits per heavy atom. The van der Waals surface area contributed by atoms with Gasteiger partial charge in [0.05, 0.1) is 17.6 Å². The summed E-state index contributed by atoms with van der Waals surface area (Å²) in [7, 11) is 0. The monoisotopic (exact) mass is 172 g/mol. The van der Waals surface area contributed by atoms with Gasteiger partial charge in [0, 0.05) is 5.57 Å². The van der Waals surface area contributed by atoms with Crippen LogP contribution in [0.2, 0.25) is 0 Å². The summed E-state index contributed by atoms with van der Waals surface area (Å²) in [6.45, 7) is 0. The molecule has 1 N–H and O–H groups in total. The van der Waals surface area contributed by atoms with Crippen LogP contribution in [0, 0.1) is 0 Å². The SMILES string of the molecule is O=CC1=C(Cl)/C(=C/O)C=CO1. The first-order chi connectivity index (χ1) is 5.29. The van der Waals surface area contributed by atoms with Crippen LogP contribution in [0.3, 0.4) is 0 Å². The van der Waals surface area contributed by atoms with Gasteiger partial charge in [-0.15, -0.1) is 0 Å². The second kappa shape index (κ2) is 3.25. The van der Waals surface area contributed by atoms with E-state index in [1.54, 1.807) is 0 Å². The normalized spacial score (nSPS) is 20.3. The third-order valence-electron chi connectivity index (χ3n) is 1.16. The summed E-state index contributed by atoms with van der Waals surface area (Å²) in [5, 5.41) is 8.69. The van der Waals surface area contributed by atoms with Crippen LogP contribution in [-0.2, 0) is 9.53 Å². The minimum absolute atomic E-state index is 0.00877. The molecule has 1 aliphatic heterocycles. The van der Waals surface area contributed by atoms with Gasteiger partial charge in [-0.05, 0) is 6.08 Å². The lowest BCUT2D eigenvalue weighted by Gasteiger charge is -2.08. The van der Waals surface area contributed by atoms with Crippen LogP contribution in [0.15, 0.2) is 35.0 Å². The molecule has 1 aliphatic rings. The van der Waals surface area contributed by atoms with E-state index in [4.69, 9.17) is 21.4 Å². The molecule has 0 aromatic heterocycles. The summed E-state index contributed by atoms with van der Waals surface area (Å²) in [4.78, 5) is 10.2. The van der Waals surface area contributed by atoms with Crippen LogP contribution in [-0.4, -0.2) is 11.4 Å². The third kappa shape index (κ3) is 1.43. The molecular weight excluding hydrogens is 168 g/mol. The average Bonchev–Trinajstić information content (AvgIpc) is 2.05. The molecule has 0 spiro atoms. The number of carbonyl (C=O) groups is 1. The van der Waals surface area contributed by atoms with Crippen molar-refractivity contribution < 1.29 is 14.6 Å². The summed E-state index contributed by atoms with van der Waals surface area (Å²) >= 11 is 5.59. The lowest BCUT2D eigenvalue weighted by atomic mass is 10.2. The Hall–Kier alpha value is -1.22. The Balaban J connectivity index is 3.03.